The summed E-state index contributed by atoms with van der Waals surface area (Å²) in [5, 5.41) is 9.39. The van der Waals surface area contributed by atoms with Gasteiger partial charge in [0, 0.05) is 24.5 Å². The maximum atomic E-state index is 12.7. The number of hydrogen-bond donors (Lipinski definition) is 0. The molecule has 0 aromatic carbocycles. The molecule has 0 saturated heterocycles. The Bertz CT molecular complexity index is 514. The van der Waals surface area contributed by atoms with Crippen LogP contribution in [-0.4, -0.2) is 42.9 Å². The molecule has 0 N–H and O–H groups in total. The van der Waals surface area contributed by atoms with Crippen molar-refractivity contribution in [2.24, 2.45) is 0 Å². The molecule has 0 spiro atoms. The van der Waals surface area contributed by atoms with E-state index < -0.39 is 0 Å². The summed E-state index contributed by atoms with van der Waals surface area (Å²) in [6.07, 6.45) is 2.43. The van der Waals surface area contributed by atoms with Crippen molar-refractivity contribution in [2.75, 3.05) is 0 Å². The van der Waals surface area contributed by atoms with Crippen molar-refractivity contribution in [1.82, 2.24) is 19.7 Å². The number of aromatic nitrogens is 3. The number of amides is 1. The minimum atomic E-state index is -0.147. The van der Waals surface area contributed by atoms with Crippen LogP contribution in [0.25, 0.3) is 0 Å². The van der Waals surface area contributed by atoms with Crippen LogP contribution in [0.4, 0.5) is 0 Å². The normalized spacial score (nSPS) is 16.4. The lowest BCUT2D eigenvalue weighted by Crippen LogP contribution is -2.45. The van der Waals surface area contributed by atoms with E-state index in [4.69, 9.17) is 0 Å². The molecule has 1 aliphatic carbocycles. The number of carbonyl (C=O) groups is 1. The van der Waals surface area contributed by atoms with Gasteiger partial charge in [0.1, 0.15) is 5.82 Å². The molecule has 6 heteroatoms. The molecule has 1 saturated carbocycles. The molecule has 1 atom stereocenters. The van der Waals surface area contributed by atoms with Crippen LogP contribution in [-0.2, 0) is 11.3 Å². The zero-order chi connectivity index (χ0) is 16.4. The number of hydrogen-bond acceptors (Lipinski definition) is 4. The lowest BCUT2D eigenvalue weighted by atomic mass is 10.2. The first-order valence-electron chi connectivity index (χ1n) is 8.28. The van der Waals surface area contributed by atoms with E-state index in [1.54, 1.807) is 0 Å². The highest BCUT2D eigenvalue weighted by Gasteiger charge is 2.32. The molecule has 22 heavy (non-hydrogen) atoms. The van der Waals surface area contributed by atoms with Gasteiger partial charge in [0.05, 0.1) is 5.25 Å². The molecule has 1 unspecified atom stereocenters. The Kier molecular flexibility index (Phi) is 5.53. The van der Waals surface area contributed by atoms with Crippen LogP contribution in [0.15, 0.2) is 5.16 Å². The Morgan fingerprint density at radius 2 is 1.82 bits per heavy atom. The Labute approximate surface area is 137 Å². The van der Waals surface area contributed by atoms with Crippen LogP contribution in [0.2, 0.25) is 0 Å². The summed E-state index contributed by atoms with van der Waals surface area (Å²) in [6, 6.07) is 0.420. The minimum absolute atomic E-state index is 0.147. The second kappa shape index (κ2) is 7.02. The predicted molar refractivity (Wildman–Crippen MR) is 90.1 cm³/mol. The fraction of sp³-hybridized carbons (Fsp3) is 0.812. The van der Waals surface area contributed by atoms with Crippen molar-refractivity contribution in [2.45, 2.75) is 89.3 Å². The minimum Gasteiger partial charge on any atom is -0.337 e. The standard InChI is InChI=1S/C16H28N4OS/c1-7-19-14(13-8-9-13)17-18-16(19)22-12(6)15(21)20(10(2)3)11(4)5/h10-13H,7-9H2,1-6H3. The van der Waals surface area contributed by atoms with Crippen LogP contribution in [0.1, 0.15) is 66.1 Å². The van der Waals surface area contributed by atoms with Crippen LogP contribution >= 0.6 is 11.8 Å². The summed E-state index contributed by atoms with van der Waals surface area (Å²) >= 11 is 1.53. The number of rotatable bonds is 7. The van der Waals surface area contributed by atoms with Gasteiger partial charge in [-0.2, -0.15) is 0 Å². The molecule has 5 nitrogen and oxygen atoms in total. The van der Waals surface area contributed by atoms with E-state index in [1.165, 1.54) is 24.6 Å². The Morgan fingerprint density at radius 1 is 1.23 bits per heavy atom. The third kappa shape index (κ3) is 3.65. The van der Waals surface area contributed by atoms with E-state index >= 15 is 0 Å². The maximum absolute atomic E-state index is 12.7. The van der Waals surface area contributed by atoms with Gasteiger partial charge in [0.2, 0.25) is 5.91 Å². The first-order valence-corrected chi connectivity index (χ1v) is 9.16. The summed E-state index contributed by atoms with van der Waals surface area (Å²) in [4.78, 5) is 14.7. The first-order chi connectivity index (χ1) is 10.4. The summed E-state index contributed by atoms with van der Waals surface area (Å²) in [5.41, 5.74) is 0. The lowest BCUT2D eigenvalue weighted by Gasteiger charge is -2.32. The quantitative estimate of drug-likeness (QED) is 0.722. The third-order valence-electron chi connectivity index (χ3n) is 4.00. The molecule has 1 heterocycles. The second-order valence-corrected chi connectivity index (χ2v) is 7.86. The average molecular weight is 324 g/mol. The molecule has 1 aliphatic rings. The Balaban J connectivity index is 2.11. The molecule has 1 aromatic rings. The summed E-state index contributed by atoms with van der Waals surface area (Å²) in [5.74, 6) is 1.85. The van der Waals surface area contributed by atoms with E-state index in [0.717, 1.165) is 17.5 Å². The lowest BCUT2D eigenvalue weighted by molar-refractivity contribution is -0.133. The molecular formula is C16H28N4OS. The van der Waals surface area contributed by atoms with E-state index in [0.29, 0.717) is 5.92 Å². The first kappa shape index (κ1) is 17.3. The second-order valence-electron chi connectivity index (χ2n) is 6.55. The fourth-order valence-electron chi connectivity index (χ4n) is 2.85. The summed E-state index contributed by atoms with van der Waals surface area (Å²) < 4.78 is 2.17. The van der Waals surface area contributed by atoms with Crippen molar-refractivity contribution in [3.8, 4) is 0 Å². The number of thioether (sulfide) groups is 1. The predicted octanol–water partition coefficient (Wildman–Crippen LogP) is 3.30. The van der Waals surface area contributed by atoms with Crippen LogP contribution in [0.5, 0.6) is 0 Å². The maximum Gasteiger partial charge on any atom is 0.236 e. The van der Waals surface area contributed by atoms with E-state index in [1.807, 2.05) is 11.8 Å². The van der Waals surface area contributed by atoms with Gasteiger partial charge in [-0.3, -0.25) is 4.79 Å². The largest absolute Gasteiger partial charge is 0.337 e. The molecule has 1 aromatic heterocycles. The molecule has 0 aliphatic heterocycles. The summed E-state index contributed by atoms with van der Waals surface area (Å²) in [6.45, 7) is 13.2. The Morgan fingerprint density at radius 3 is 2.27 bits per heavy atom. The fourth-order valence-corrected chi connectivity index (χ4v) is 3.83. The third-order valence-corrected chi connectivity index (χ3v) is 5.07. The molecule has 1 amide bonds. The van der Waals surface area contributed by atoms with Crippen LogP contribution in [0.3, 0.4) is 0 Å². The number of carbonyl (C=O) groups excluding carboxylic acids is 1. The monoisotopic (exact) mass is 324 g/mol. The molecular weight excluding hydrogens is 296 g/mol. The van der Waals surface area contributed by atoms with Gasteiger partial charge in [0.15, 0.2) is 5.16 Å². The average Bonchev–Trinajstić information content (AvgIpc) is 3.19. The van der Waals surface area contributed by atoms with Crippen molar-refractivity contribution >= 4 is 17.7 Å². The van der Waals surface area contributed by atoms with Crippen molar-refractivity contribution in [1.29, 1.82) is 0 Å². The zero-order valence-electron chi connectivity index (χ0n) is 14.5. The molecule has 124 valence electrons. The smallest absolute Gasteiger partial charge is 0.236 e. The van der Waals surface area contributed by atoms with Crippen molar-refractivity contribution < 1.29 is 4.79 Å². The van der Waals surface area contributed by atoms with Gasteiger partial charge in [-0.25, -0.2) is 0 Å². The molecule has 2 rings (SSSR count). The van der Waals surface area contributed by atoms with Gasteiger partial charge in [0.25, 0.3) is 0 Å². The topological polar surface area (TPSA) is 51.0 Å². The molecule has 0 bridgehead atoms. The van der Waals surface area contributed by atoms with E-state index in [2.05, 4.69) is 49.4 Å². The highest BCUT2D eigenvalue weighted by Crippen LogP contribution is 2.40. The van der Waals surface area contributed by atoms with Gasteiger partial charge in [-0.15, -0.1) is 10.2 Å². The zero-order valence-corrected chi connectivity index (χ0v) is 15.4. The highest BCUT2D eigenvalue weighted by atomic mass is 32.2. The summed E-state index contributed by atoms with van der Waals surface area (Å²) in [7, 11) is 0. The van der Waals surface area contributed by atoms with Gasteiger partial charge in [-0.05, 0) is 54.4 Å². The van der Waals surface area contributed by atoms with E-state index in [9.17, 15) is 4.79 Å². The van der Waals surface area contributed by atoms with Gasteiger partial charge < -0.3 is 9.47 Å². The van der Waals surface area contributed by atoms with E-state index in [-0.39, 0.29) is 23.2 Å². The molecule has 1 fully saturated rings. The van der Waals surface area contributed by atoms with Crippen LogP contribution < -0.4 is 0 Å². The van der Waals surface area contributed by atoms with Crippen LogP contribution in [0, 0.1) is 0 Å². The van der Waals surface area contributed by atoms with Crippen molar-refractivity contribution in [3.63, 3.8) is 0 Å². The van der Waals surface area contributed by atoms with Crippen molar-refractivity contribution in [3.05, 3.63) is 5.82 Å². The number of nitrogens with zero attached hydrogens (tertiary/aromatic N) is 4. The SMILES string of the molecule is CCn1c(SC(C)C(=O)N(C(C)C)C(C)C)nnc1C1CC1. The highest BCUT2D eigenvalue weighted by molar-refractivity contribution is 8.00. The Hall–Kier alpha value is -1.04. The molecule has 0 radical (unpaired) electrons. The van der Waals surface area contributed by atoms with Gasteiger partial charge in [-0.1, -0.05) is 11.8 Å². The van der Waals surface area contributed by atoms with Gasteiger partial charge >= 0.3 is 0 Å².